The molecule has 2 saturated carbocycles. The summed E-state index contributed by atoms with van der Waals surface area (Å²) in [5.74, 6) is -0.344. The molecular formula is C36H48F3N3O7. The van der Waals surface area contributed by atoms with Crippen molar-refractivity contribution in [2.45, 2.75) is 101 Å². The van der Waals surface area contributed by atoms with Crippen LogP contribution >= 0.6 is 0 Å². The smallest absolute Gasteiger partial charge is 0.394 e. The molecule has 13 heteroatoms. The van der Waals surface area contributed by atoms with Crippen molar-refractivity contribution in [3.8, 4) is 0 Å². The van der Waals surface area contributed by atoms with E-state index in [1.54, 1.807) is 6.07 Å². The second kappa shape index (κ2) is 15.3. The van der Waals surface area contributed by atoms with Gasteiger partial charge in [0.1, 0.15) is 24.4 Å². The third kappa shape index (κ3) is 8.75. The first kappa shape index (κ1) is 37.0. The Morgan fingerprint density at radius 2 is 1.61 bits per heavy atom. The number of likely N-dealkylation sites (N-methyl/N-ethyl adjacent to an activating group) is 1. The van der Waals surface area contributed by atoms with Crippen molar-refractivity contribution >= 4 is 23.2 Å². The Hall–Kier alpha value is -3.23. The molecule has 2 amide bonds. The zero-order valence-corrected chi connectivity index (χ0v) is 27.9. The summed E-state index contributed by atoms with van der Waals surface area (Å²) in [6.45, 7) is 0.187. The molecule has 0 aromatic heterocycles. The molecule has 2 aromatic rings. The molecule has 2 aromatic carbocycles. The van der Waals surface area contributed by atoms with Crippen molar-refractivity contribution in [3.63, 3.8) is 0 Å². The summed E-state index contributed by atoms with van der Waals surface area (Å²) in [7, 11) is 1.42. The second-order valence-corrected chi connectivity index (χ2v) is 13.9. The second-order valence-electron chi connectivity index (χ2n) is 13.9. The number of hydrogen-bond donors (Lipinski definition) is 5. The number of carbonyl (C=O) groups excluding carboxylic acids is 2. The Morgan fingerprint density at radius 3 is 2.24 bits per heavy atom. The number of alkyl halides is 3. The van der Waals surface area contributed by atoms with Gasteiger partial charge < -0.3 is 40.2 Å². The van der Waals surface area contributed by atoms with Gasteiger partial charge in [0, 0.05) is 39.1 Å². The van der Waals surface area contributed by atoms with E-state index in [9.17, 15) is 43.2 Å². The fraction of sp³-hybridized carbons (Fsp3) is 0.611. The van der Waals surface area contributed by atoms with Crippen LogP contribution in [-0.2, 0) is 28.6 Å². The third-order valence-electron chi connectivity index (χ3n) is 10.3. The average Bonchev–Trinajstić information content (AvgIpc) is 4.03. The Labute approximate surface area is 284 Å². The number of aliphatic hydroxyl groups is 5. The quantitative estimate of drug-likeness (QED) is 0.169. The zero-order valence-electron chi connectivity index (χ0n) is 27.9. The summed E-state index contributed by atoms with van der Waals surface area (Å²) in [6.07, 6.45) is -5.77. The van der Waals surface area contributed by atoms with Crippen LogP contribution in [0.5, 0.6) is 0 Å². The Morgan fingerprint density at radius 1 is 0.939 bits per heavy atom. The minimum atomic E-state index is -4.53. The van der Waals surface area contributed by atoms with Crippen molar-refractivity contribution in [1.82, 2.24) is 4.90 Å². The number of aliphatic hydroxyl groups excluding tert-OH is 5. The zero-order chi connectivity index (χ0) is 35.5. The van der Waals surface area contributed by atoms with E-state index >= 15 is 0 Å². The molecule has 4 atom stereocenters. The van der Waals surface area contributed by atoms with Crippen LogP contribution in [0.25, 0.3) is 0 Å². The first-order valence-corrected chi connectivity index (χ1v) is 17.2. The number of aryl methyl sites for hydroxylation is 2. The van der Waals surface area contributed by atoms with Crippen LogP contribution in [-0.4, -0.2) is 106 Å². The maximum absolute atomic E-state index is 14.1. The molecule has 2 aliphatic carbocycles. The number of anilines is 2. The lowest BCUT2D eigenvalue weighted by Crippen LogP contribution is -2.49. The average molecular weight is 692 g/mol. The lowest BCUT2D eigenvalue weighted by atomic mass is 9.90. The van der Waals surface area contributed by atoms with Gasteiger partial charge in [-0.15, -0.1) is 0 Å². The van der Waals surface area contributed by atoms with Crippen molar-refractivity contribution in [2.24, 2.45) is 5.41 Å². The molecule has 1 heterocycles. The predicted octanol–water partition coefficient (Wildman–Crippen LogP) is 3.04. The summed E-state index contributed by atoms with van der Waals surface area (Å²) < 4.78 is 42.2. The van der Waals surface area contributed by atoms with Crippen molar-refractivity contribution in [3.05, 3.63) is 59.2 Å². The van der Waals surface area contributed by atoms with Crippen molar-refractivity contribution in [2.75, 3.05) is 43.1 Å². The Bertz CT molecular complexity index is 1470. The highest BCUT2D eigenvalue weighted by atomic mass is 19.4. The maximum Gasteiger partial charge on any atom is 0.416 e. The predicted molar refractivity (Wildman–Crippen MR) is 177 cm³/mol. The van der Waals surface area contributed by atoms with E-state index in [1.165, 1.54) is 18.0 Å². The number of para-hydroxylation sites is 2. The number of halogens is 3. The monoisotopic (exact) mass is 691 g/mol. The molecule has 2 fully saturated rings. The van der Waals surface area contributed by atoms with E-state index in [0.29, 0.717) is 56.7 Å². The number of rotatable bonds is 16. The standard InChI is InChI=1S/C36H48F3N3O7/c1-40(21-29(44)32(47)33(48)30(45)22-43)31(46)9-5-2-6-23-10-13-26(36(37,38)39)24(20-23)14-15-35(16-17-35)34(49)42-19-18-41(25-11-12-25)27-7-3-4-8-28(27)42/h3-4,7-8,10,13,20,25,29-30,32-33,43-45,47-48H,2,5-6,9,11-12,14-19,21-22H2,1H3/t29-,30+,32+,33+/m0/s1. The number of hydrogen-bond acceptors (Lipinski definition) is 8. The molecule has 3 aliphatic rings. The highest BCUT2D eigenvalue weighted by Crippen LogP contribution is 2.53. The van der Waals surface area contributed by atoms with Gasteiger partial charge in [0.05, 0.1) is 29.0 Å². The number of amides is 2. The topological polar surface area (TPSA) is 145 Å². The van der Waals surface area contributed by atoms with Gasteiger partial charge in [0.25, 0.3) is 0 Å². The summed E-state index contributed by atoms with van der Waals surface area (Å²) in [5, 5.41) is 48.3. The normalized spacial score (nSPS) is 19.5. The number of unbranched alkanes of at least 4 members (excludes halogenated alkanes) is 1. The molecule has 270 valence electrons. The highest BCUT2D eigenvalue weighted by molar-refractivity contribution is 6.02. The van der Waals surface area contributed by atoms with Gasteiger partial charge in [-0.25, -0.2) is 0 Å². The molecule has 10 nitrogen and oxygen atoms in total. The van der Waals surface area contributed by atoms with Gasteiger partial charge in [-0.2, -0.15) is 13.2 Å². The van der Waals surface area contributed by atoms with Crippen molar-refractivity contribution in [1.29, 1.82) is 0 Å². The minimum absolute atomic E-state index is 0.00398. The molecule has 0 unspecified atom stereocenters. The first-order valence-electron chi connectivity index (χ1n) is 17.2. The van der Waals surface area contributed by atoms with Gasteiger partial charge in [0.2, 0.25) is 11.8 Å². The van der Waals surface area contributed by atoms with E-state index in [2.05, 4.69) is 4.90 Å². The molecule has 5 N–H and O–H groups in total. The highest BCUT2D eigenvalue weighted by Gasteiger charge is 2.52. The molecule has 49 heavy (non-hydrogen) atoms. The van der Waals surface area contributed by atoms with Gasteiger partial charge in [0.15, 0.2) is 0 Å². The number of nitrogens with zero attached hydrogens (tertiary/aromatic N) is 3. The van der Waals surface area contributed by atoms with E-state index in [1.807, 2.05) is 29.2 Å². The number of carbonyl (C=O) groups is 2. The lowest BCUT2D eigenvalue weighted by Gasteiger charge is -2.39. The molecular weight excluding hydrogens is 643 g/mol. The van der Waals surface area contributed by atoms with Gasteiger partial charge in [-0.05, 0) is 87.1 Å². The third-order valence-corrected chi connectivity index (χ3v) is 10.3. The first-order chi connectivity index (χ1) is 23.3. The molecule has 0 radical (unpaired) electrons. The van der Waals surface area contributed by atoms with Gasteiger partial charge in [-0.1, -0.05) is 24.3 Å². The van der Waals surface area contributed by atoms with Crippen LogP contribution in [0.2, 0.25) is 0 Å². The van der Waals surface area contributed by atoms with E-state index in [-0.39, 0.29) is 36.8 Å². The van der Waals surface area contributed by atoms with Crippen LogP contribution in [0, 0.1) is 5.41 Å². The number of benzene rings is 2. The van der Waals surface area contributed by atoms with Gasteiger partial charge >= 0.3 is 6.18 Å². The Kier molecular flexibility index (Phi) is 11.6. The molecule has 0 saturated heterocycles. The Balaban J connectivity index is 1.16. The molecule has 5 rings (SSSR count). The SMILES string of the molecule is CN(C[C@H](O)[C@@H](O)[C@H](O)[C@H](O)CO)C(=O)CCCCc1ccc(C(F)(F)F)c(CCC2(C(=O)N3CCN(C4CC4)c4ccccc43)CC2)c1. The maximum atomic E-state index is 14.1. The number of fused-ring (bicyclic) bond motifs is 1. The summed E-state index contributed by atoms with van der Waals surface area (Å²) in [4.78, 5) is 31.9. The fourth-order valence-corrected chi connectivity index (χ4v) is 6.88. The molecule has 0 spiro atoms. The van der Waals surface area contributed by atoms with Crippen LogP contribution < -0.4 is 9.80 Å². The van der Waals surface area contributed by atoms with Crippen molar-refractivity contribution < 1.29 is 48.3 Å². The van der Waals surface area contributed by atoms with Crippen LogP contribution in [0.4, 0.5) is 24.5 Å². The van der Waals surface area contributed by atoms with Crippen LogP contribution in [0.3, 0.4) is 0 Å². The summed E-state index contributed by atoms with van der Waals surface area (Å²) in [5.41, 5.74) is 1.44. The molecule has 0 bridgehead atoms. The minimum Gasteiger partial charge on any atom is -0.394 e. The van der Waals surface area contributed by atoms with Gasteiger partial charge in [-0.3, -0.25) is 9.59 Å². The molecule has 1 aliphatic heterocycles. The van der Waals surface area contributed by atoms with Crippen LogP contribution in [0.15, 0.2) is 42.5 Å². The van der Waals surface area contributed by atoms with E-state index in [4.69, 9.17) is 5.11 Å². The summed E-state index contributed by atoms with van der Waals surface area (Å²) in [6, 6.07) is 12.5. The van der Waals surface area contributed by atoms with Crippen LogP contribution in [0.1, 0.15) is 68.1 Å². The lowest BCUT2D eigenvalue weighted by molar-refractivity contribution is -0.138. The van der Waals surface area contributed by atoms with E-state index in [0.717, 1.165) is 36.8 Å². The fourth-order valence-electron chi connectivity index (χ4n) is 6.88. The summed E-state index contributed by atoms with van der Waals surface area (Å²) >= 11 is 0. The van der Waals surface area contributed by atoms with E-state index < -0.39 is 48.2 Å². The largest absolute Gasteiger partial charge is 0.416 e.